The van der Waals surface area contributed by atoms with Gasteiger partial charge in [0.1, 0.15) is 22.8 Å². The van der Waals surface area contributed by atoms with Crippen LogP contribution in [0.15, 0.2) is 52.9 Å². The summed E-state index contributed by atoms with van der Waals surface area (Å²) in [7, 11) is 1.54. The van der Waals surface area contributed by atoms with Crippen LogP contribution in [0.1, 0.15) is 0 Å². The Hall–Kier alpha value is -2.75. The summed E-state index contributed by atoms with van der Waals surface area (Å²) >= 11 is 0. The monoisotopic (exact) mass is 269 g/mol. The lowest BCUT2D eigenvalue weighted by Crippen LogP contribution is -1.84. The molecular formula is C16H13O4+. The molecule has 1 heterocycles. The third-order valence-electron chi connectivity index (χ3n) is 3.10. The molecule has 4 heteroatoms. The average Bonchev–Trinajstić information content (AvgIpc) is 2.46. The Bertz CT molecular complexity index is 781. The molecule has 0 aliphatic rings. The zero-order valence-electron chi connectivity index (χ0n) is 10.8. The van der Waals surface area contributed by atoms with Gasteiger partial charge >= 0.3 is 11.3 Å². The lowest BCUT2D eigenvalue weighted by molar-refractivity contribution is 0.408. The lowest BCUT2D eigenvalue weighted by Gasteiger charge is -2.02. The van der Waals surface area contributed by atoms with E-state index in [4.69, 9.17) is 9.15 Å². The highest BCUT2D eigenvalue weighted by Gasteiger charge is 2.18. The Morgan fingerprint density at radius 2 is 1.75 bits per heavy atom. The van der Waals surface area contributed by atoms with Gasteiger partial charge in [-0.1, -0.05) is 0 Å². The van der Waals surface area contributed by atoms with Gasteiger partial charge in [-0.25, -0.2) is 4.42 Å². The highest BCUT2D eigenvalue weighted by Crippen LogP contribution is 2.34. The minimum absolute atomic E-state index is 0.0765. The molecule has 0 fully saturated rings. The van der Waals surface area contributed by atoms with Crippen molar-refractivity contribution in [3.05, 3.63) is 48.5 Å². The standard InChI is InChI=1S/C16H12O4/c1-19-12-5-6-13(14(18)9-12)15-7-3-10-2-4-11(17)8-16(10)20-15/h2-9H,1H3,(H-,17,18)/p+1. The second-order valence-electron chi connectivity index (χ2n) is 4.40. The summed E-state index contributed by atoms with van der Waals surface area (Å²) in [6, 6.07) is 13.6. The van der Waals surface area contributed by atoms with Crippen molar-refractivity contribution in [2.75, 3.05) is 7.11 Å². The van der Waals surface area contributed by atoms with Crippen LogP contribution in [0.3, 0.4) is 0 Å². The summed E-state index contributed by atoms with van der Waals surface area (Å²) in [5.74, 6) is 1.30. The number of methoxy groups -OCH3 is 1. The molecule has 0 atom stereocenters. The molecule has 2 N–H and O–H groups in total. The molecule has 0 aliphatic heterocycles. The maximum Gasteiger partial charge on any atom is 0.364 e. The largest absolute Gasteiger partial charge is 0.508 e. The van der Waals surface area contributed by atoms with Gasteiger partial charge < -0.3 is 14.9 Å². The Labute approximate surface area is 115 Å². The van der Waals surface area contributed by atoms with E-state index >= 15 is 0 Å². The van der Waals surface area contributed by atoms with E-state index in [1.807, 2.05) is 6.07 Å². The number of hydrogen-bond donors (Lipinski definition) is 2. The number of ether oxygens (including phenoxy) is 1. The van der Waals surface area contributed by atoms with E-state index in [1.54, 1.807) is 36.4 Å². The molecule has 2 aromatic carbocycles. The molecule has 0 aliphatic carbocycles. The van der Waals surface area contributed by atoms with Crippen LogP contribution in [0.4, 0.5) is 0 Å². The van der Waals surface area contributed by atoms with Crippen molar-refractivity contribution in [2.45, 2.75) is 0 Å². The predicted octanol–water partition coefficient (Wildman–Crippen LogP) is 3.80. The Morgan fingerprint density at radius 1 is 0.950 bits per heavy atom. The van der Waals surface area contributed by atoms with Crippen LogP contribution >= 0.6 is 0 Å². The summed E-state index contributed by atoms with van der Waals surface area (Å²) in [5, 5.41) is 20.4. The van der Waals surface area contributed by atoms with E-state index in [1.165, 1.54) is 13.2 Å². The van der Waals surface area contributed by atoms with Crippen molar-refractivity contribution in [1.29, 1.82) is 0 Å². The maximum absolute atomic E-state index is 10.0. The maximum atomic E-state index is 10.0. The fraction of sp³-hybridized carbons (Fsp3) is 0.0625. The molecule has 20 heavy (non-hydrogen) atoms. The summed E-state index contributed by atoms with van der Waals surface area (Å²) < 4.78 is 10.8. The lowest BCUT2D eigenvalue weighted by atomic mass is 10.1. The van der Waals surface area contributed by atoms with Crippen LogP contribution in [0, 0.1) is 0 Å². The van der Waals surface area contributed by atoms with E-state index in [9.17, 15) is 10.2 Å². The zero-order chi connectivity index (χ0) is 14.1. The third kappa shape index (κ3) is 2.12. The number of hydrogen-bond acceptors (Lipinski definition) is 3. The van der Waals surface area contributed by atoms with E-state index in [0.717, 1.165) is 5.39 Å². The smallest absolute Gasteiger partial charge is 0.364 e. The van der Waals surface area contributed by atoms with Gasteiger partial charge in [0.15, 0.2) is 0 Å². The molecule has 4 nitrogen and oxygen atoms in total. The second kappa shape index (κ2) is 4.74. The molecule has 1 aromatic heterocycles. The van der Waals surface area contributed by atoms with Crippen LogP contribution in [-0.4, -0.2) is 17.3 Å². The van der Waals surface area contributed by atoms with E-state index in [0.29, 0.717) is 22.7 Å². The van der Waals surface area contributed by atoms with Crippen molar-refractivity contribution < 1.29 is 19.4 Å². The Balaban J connectivity index is 2.14. The van der Waals surface area contributed by atoms with Crippen molar-refractivity contribution in [2.24, 2.45) is 0 Å². The van der Waals surface area contributed by atoms with Gasteiger partial charge in [-0.15, -0.1) is 0 Å². The van der Waals surface area contributed by atoms with E-state index in [-0.39, 0.29) is 11.5 Å². The molecule has 0 spiro atoms. The first-order valence-corrected chi connectivity index (χ1v) is 6.10. The summed E-state index contributed by atoms with van der Waals surface area (Å²) in [4.78, 5) is 0. The SMILES string of the molecule is COc1ccc(-c2ccc3ccc(O)cc3[o+]2)c(O)c1. The minimum Gasteiger partial charge on any atom is -0.508 e. The van der Waals surface area contributed by atoms with E-state index < -0.39 is 0 Å². The first-order chi connectivity index (χ1) is 9.67. The van der Waals surface area contributed by atoms with Gasteiger partial charge in [0.05, 0.1) is 18.6 Å². The Kier molecular flexibility index (Phi) is 2.91. The molecule has 0 saturated heterocycles. The first kappa shape index (κ1) is 12.3. The predicted molar refractivity (Wildman–Crippen MR) is 75.9 cm³/mol. The number of rotatable bonds is 2. The highest BCUT2D eigenvalue weighted by atomic mass is 16.5. The number of benzene rings is 2. The normalized spacial score (nSPS) is 10.7. The highest BCUT2D eigenvalue weighted by molar-refractivity contribution is 5.80. The first-order valence-electron chi connectivity index (χ1n) is 6.10. The summed E-state index contributed by atoms with van der Waals surface area (Å²) in [6.07, 6.45) is 0. The molecule has 0 bridgehead atoms. The molecule has 0 radical (unpaired) electrons. The van der Waals surface area contributed by atoms with Crippen LogP contribution < -0.4 is 4.74 Å². The van der Waals surface area contributed by atoms with Gasteiger partial charge in [-0.3, -0.25) is 0 Å². The molecule has 3 aromatic rings. The number of fused-ring (bicyclic) bond motifs is 1. The summed E-state index contributed by atoms with van der Waals surface area (Å²) in [6.45, 7) is 0. The number of aromatic hydroxyl groups is 2. The fourth-order valence-electron chi connectivity index (χ4n) is 2.06. The van der Waals surface area contributed by atoms with Crippen molar-refractivity contribution in [1.82, 2.24) is 0 Å². The zero-order valence-corrected chi connectivity index (χ0v) is 10.8. The van der Waals surface area contributed by atoms with Gasteiger partial charge in [0.2, 0.25) is 0 Å². The number of phenols is 2. The quantitative estimate of drug-likeness (QED) is 0.695. The topological polar surface area (TPSA) is 61.0 Å². The second-order valence-corrected chi connectivity index (χ2v) is 4.40. The fourth-order valence-corrected chi connectivity index (χ4v) is 2.06. The van der Waals surface area contributed by atoms with Crippen molar-refractivity contribution in [3.8, 4) is 28.6 Å². The van der Waals surface area contributed by atoms with Gasteiger partial charge in [0.25, 0.3) is 0 Å². The van der Waals surface area contributed by atoms with Crippen LogP contribution in [0.2, 0.25) is 0 Å². The molecule has 100 valence electrons. The number of phenolic OH excluding ortho intramolecular Hbond substituents is 2. The van der Waals surface area contributed by atoms with Crippen LogP contribution in [0.25, 0.3) is 22.3 Å². The minimum atomic E-state index is 0.0765. The van der Waals surface area contributed by atoms with Crippen molar-refractivity contribution >= 4 is 11.0 Å². The summed E-state index contributed by atoms with van der Waals surface area (Å²) in [5.41, 5.74) is 1.12. The molecule has 0 saturated carbocycles. The van der Waals surface area contributed by atoms with Gasteiger partial charge in [0, 0.05) is 12.1 Å². The van der Waals surface area contributed by atoms with Gasteiger partial charge in [-0.05, 0) is 30.3 Å². The van der Waals surface area contributed by atoms with Crippen LogP contribution in [0.5, 0.6) is 17.2 Å². The molecular weight excluding hydrogens is 256 g/mol. The molecule has 0 unspecified atom stereocenters. The average molecular weight is 269 g/mol. The Morgan fingerprint density at radius 3 is 2.50 bits per heavy atom. The third-order valence-corrected chi connectivity index (χ3v) is 3.10. The molecule has 3 rings (SSSR count). The molecule has 0 amide bonds. The van der Waals surface area contributed by atoms with Crippen LogP contribution in [-0.2, 0) is 0 Å². The van der Waals surface area contributed by atoms with Crippen molar-refractivity contribution in [3.63, 3.8) is 0 Å². The van der Waals surface area contributed by atoms with E-state index in [2.05, 4.69) is 0 Å². The van der Waals surface area contributed by atoms with Gasteiger partial charge in [-0.2, -0.15) is 0 Å².